The molecule has 0 aromatic heterocycles. The Morgan fingerprint density at radius 2 is 1.50 bits per heavy atom. The Labute approximate surface area is 81.1 Å². The molecule has 2 heteroatoms. The van der Waals surface area contributed by atoms with Crippen molar-refractivity contribution in [2.45, 2.75) is 0 Å². The maximum atomic E-state index is 5.97. The Kier molecular flexibility index (Phi) is 1.75. The van der Waals surface area contributed by atoms with Gasteiger partial charge in [0.1, 0.15) is 0 Å². The van der Waals surface area contributed by atoms with Crippen molar-refractivity contribution in [1.29, 1.82) is 0 Å². The van der Waals surface area contributed by atoms with Crippen LogP contribution in [-0.4, -0.2) is 0 Å². The molecule has 1 aliphatic rings. The number of allylic oxidation sites excluding steroid dienone is 2. The van der Waals surface area contributed by atoms with Crippen LogP contribution in [-0.2, 0) is 0 Å². The molecule has 0 amide bonds. The van der Waals surface area contributed by atoms with Gasteiger partial charge in [0.15, 0.2) is 0 Å². The van der Waals surface area contributed by atoms with Gasteiger partial charge in [-0.3, -0.25) is 0 Å². The Balaban J connectivity index is 2.73. The van der Waals surface area contributed by atoms with E-state index in [1.54, 1.807) is 0 Å². The van der Waals surface area contributed by atoms with Crippen LogP contribution in [0.15, 0.2) is 35.9 Å². The van der Waals surface area contributed by atoms with Crippen molar-refractivity contribution in [3.05, 3.63) is 47.0 Å². The predicted octanol–water partition coefficient (Wildman–Crippen LogP) is 3.86. The first kappa shape index (κ1) is 7.90. The Bertz CT molecular complexity index is 389. The topological polar surface area (TPSA) is 0 Å². The molecule has 0 bridgehead atoms. The highest BCUT2D eigenvalue weighted by Crippen LogP contribution is 2.43. The van der Waals surface area contributed by atoms with E-state index in [2.05, 4.69) is 6.58 Å². The number of hydrogen-bond donors (Lipinski definition) is 0. The highest BCUT2D eigenvalue weighted by atomic mass is 35.5. The normalized spacial score (nSPS) is 15.3. The molecular weight excluding hydrogens is 191 g/mol. The third-order valence-electron chi connectivity index (χ3n) is 1.95. The number of fused-ring (bicyclic) bond motifs is 1. The second-order valence-corrected chi connectivity index (χ2v) is 3.41. The van der Waals surface area contributed by atoms with Crippen LogP contribution in [0.25, 0.3) is 10.6 Å². The highest BCUT2D eigenvalue weighted by molar-refractivity contribution is 6.59. The van der Waals surface area contributed by atoms with Gasteiger partial charge in [0.25, 0.3) is 0 Å². The van der Waals surface area contributed by atoms with Crippen LogP contribution in [0.4, 0.5) is 0 Å². The van der Waals surface area contributed by atoms with E-state index in [0.29, 0.717) is 10.1 Å². The first-order chi connectivity index (χ1) is 5.72. The van der Waals surface area contributed by atoms with Crippen LogP contribution >= 0.6 is 23.2 Å². The summed E-state index contributed by atoms with van der Waals surface area (Å²) >= 11 is 11.9. The fraction of sp³-hybridized carbons (Fsp3) is 0. The van der Waals surface area contributed by atoms with Crippen molar-refractivity contribution in [2.75, 3.05) is 0 Å². The Morgan fingerprint density at radius 1 is 0.917 bits per heavy atom. The molecular formula is C10H6Cl2. The van der Waals surface area contributed by atoms with E-state index in [-0.39, 0.29) is 0 Å². The molecule has 0 heterocycles. The molecule has 0 saturated carbocycles. The van der Waals surface area contributed by atoms with Crippen LogP contribution in [0.5, 0.6) is 0 Å². The van der Waals surface area contributed by atoms with E-state index in [0.717, 1.165) is 16.7 Å². The van der Waals surface area contributed by atoms with Crippen LogP contribution in [0.1, 0.15) is 11.1 Å². The minimum atomic E-state index is 0.567. The molecule has 0 saturated heterocycles. The number of hydrogen-bond acceptors (Lipinski definition) is 0. The molecule has 1 aromatic carbocycles. The molecule has 12 heavy (non-hydrogen) atoms. The summed E-state index contributed by atoms with van der Waals surface area (Å²) in [5, 5.41) is 1.18. The molecule has 0 aliphatic heterocycles. The zero-order valence-corrected chi connectivity index (χ0v) is 7.78. The van der Waals surface area contributed by atoms with Crippen molar-refractivity contribution in [3.63, 3.8) is 0 Å². The maximum absolute atomic E-state index is 5.97. The molecule has 0 fully saturated rings. The van der Waals surface area contributed by atoms with Crippen molar-refractivity contribution in [1.82, 2.24) is 0 Å². The predicted molar refractivity (Wildman–Crippen MR) is 54.1 cm³/mol. The van der Waals surface area contributed by atoms with Gasteiger partial charge in [0.2, 0.25) is 0 Å². The monoisotopic (exact) mass is 196 g/mol. The molecule has 0 N–H and O–H groups in total. The highest BCUT2D eigenvalue weighted by Gasteiger charge is 2.21. The molecule has 60 valence electrons. The lowest BCUT2D eigenvalue weighted by Crippen LogP contribution is -1.78. The molecule has 0 nitrogen and oxygen atoms in total. The minimum Gasteiger partial charge on any atom is -0.0896 e. The lowest BCUT2D eigenvalue weighted by atomic mass is 10.1. The summed E-state index contributed by atoms with van der Waals surface area (Å²) in [6, 6.07) is 7.79. The van der Waals surface area contributed by atoms with Crippen LogP contribution in [0.3, 0.4) is 0 Å². The Hall–Kier alpha value is -0.720. The van der Waals surface area contributed by atoms with Gasteiger partial charge in [-0.1, -0.05) is 54.0 Å². The maximum Gasteiger partial charge on any atom is 0.0676 e. The third-order valence-corrected chi connectivity index (χ3v) is 2.85. The molecule has 1 aromatic rings. The standard InChI is InChI=1S/C10H6Cl2/c1-6-7-4-2-3-5-8(7)10(12)9(6)11/h2-5H,1H2. The lowest BCUT2D eigenvalue weighted by Gasteiger charge is -1.97. The fourth-order valence-corrected chi connectivity index (χ4v) is 1.79. The number of benzene rings is 1. The summed E-state index contributed by atoms with van der Waals surface area (Å²) in [6.45, 7) is 3.85. The summed E-state index contributed by atoms with van der Waals surface area (Å²) in [6.07, 6.45) is 0. The molecule has 0 radical (unpaired) electrons. The van der Waals surface area contributed by atoms with Gasteiger partial charge in [-0.25, -0.2) is 0 Å². The van der Waals surface area contributed by atoms with Crippen LogP contribution < -0.4 is 0 Å². The smallest absolute Gasteiger partial charge is 0.0676 e. The van der Waals surface area contributed by atoms with E-state index < -0.39 is 0 Å². The molecule has 0 unspecified atom stereocenters. The summed E-state index contributed by atoms with van der Waals surface area (Å²) in [5.41, 5.74) is 2.83. The van der Waals surface area contributed by atoms with E-state index in [9.17, 15) is 0 Å². The molecule has 0 spiro atoms. The van der Waals surface area contributed by atoms with Crippen molar-refractivity contribution in [3.8, 4) is 0 Å². The zero-order chi connectivity index (χ0) is 8.72. The second kappa shape index (κ2) is 2.65. The van der Waals surface area contributed by atoms with Crippen molar-refractivity contribution < 1.29 is 0 Å². The summed E-state index contributed by atoms with van der Waals surface area (Å²) in [7, 11) is 0. The fourth-order valence-electron chi connectivity index (χ4n) is 1.31. The van der Waals surface area contributed by atoms with Gasteiger partial charge in [-0.05, 0) is 11.1 Å². The number of rotatable bonds is 0. The lowest BCUT2D eigenvalue weighted by molar-refractivity contribution is 1.62. The SMILES string of the molecule is C=C1C(Cl)=C(Cl)c2ccccc21. The van der Waals surface area contributed by atoms with Gasteiger partial charge in [-0.15, -0.1) is 0 Å². The Morgan fingerprint density at radius 3 is 2.08 bits per heavy atom. The summed E-state index contributed by atoms with van der Waals surface area (Å²) in [5.74, 6) is 0. The molecule has 1 aliphatic carbocycles. The largest absolute Gasteiger partial charge is 0.0896 e. The van der Waals surface area contributed by atoms with Crippen molar-refractivity contribution in [2.24, 2.45) is 0 Å². The van der Waals surface area contributed by atoms with Gasteiger partial charge < -0.3 is 0 Å². The number of halogens is 2. The first-order valence-electron chi connectivity index (χ1n) is 3.56. The summed E-state index contributed by atoms with van der Waals surface area (Å²) < 4.78 is 0. The molecule has 0 atom stereocenters. The van der Waals surface area contributed by atoms with E-state index in [4.69, 9.17) is 23.2 Å². The third kappa shape index (κ3) is 0.921. The van der Waals surface area contributed by atoms with Gasteiger partial charge >= 0.3 is 0 Å². The van der Waals surface area contributed by atoms with Crippen molar-refractivity contribution >= 4 is 33.8 Å². The quantitative estimate of drug-likeness (QED) is 0.592. The average molecular weight is 197 g/mol. The second-order valence-electron chi connectivity index (χ2n) is 2.65. The van der Waals surface area contributed by atoms with E-state index in [1.165, 1.54) is 0 Å². The van der Waals surface area contributed by atoms with Gasteiger partial charge in [-0.2, -0.15) is 0 Å². The van der Waals surface area contributed by atoms with Crippen LogP contribution in [0.2, 0.25) is 0 Å². The average Bonchev–Trinajstić information content (AvgIpc) is 2.33. The van der Waals surface area contributed by atoms with Crippen LogP contribution in [0, 0.1) is 0 Å². The summed E-state index contributed by atoms with van der Waals surface area (Å²) in [4.78, 5) is 0. The molecule has 2 rings (SSSR count). The van der Waals surface area contributed by atoms with E-state index in [1.807, 2.05) is 24.3 Å². The first-order valence-corrected chi connectivity index (χ1v) is 4.31. The minimum absolute atomic E-state index is 0.567. The van der Waals surface area contributed by atoms with Gasteiger partial charge in [0, 0.05) is 5.56 Å². The zero-order valence-electron chi connectivity index (χ0n) is 6.27. The van der Waals surface area contributed by atoms with Gasteiger partial charge in [0.05, 0.1) is 10.1 Å². The van der Waals surface area contributed by atoms with E-state index >= 15 is 0 Å².